The molecule has 4 nitrogen and oxygen atoms in total. The standard InChI is InChI=1S/C24H32O4S/c1-14(25)29-19-13-15-12-16(26)4-8-22(15,2)17-5-9-23(3)18(21(17)19)6-10-24(23)11-7-20(27)28-24/h13,17-19,21H,4-12H2,1-3H3/t17?,18?,19?,21?,22?,23?,24-/m1/s1. The lowest BCUT2D eigenvalue weighted by Gasteiger charge is -2.60. The van der Waals surface area contributed by atoms with Crippen molar-refractivity contribution in [3.05, 3.63) is 11.6 Å². The fraction of sp³-hybridized carbons (Fsp3) is 0.792. The van der Waals surface area contributed by atoms with Crippen LogP contribution < -0.4 is 0 Å². The molecule has 158 valence electrons. The lowest BCUT2D eigenvalue weighted by Crippen LogP contribution is -2.57. The number of hydrogen-bond donors (Lipinski definition) is 0. The van der Waals surface area contributed by atoms with Crippen LogP contribution in [0.5, 0.6) is 0 Å². The fourth-order valence-corrected chi connectivity index (χ4v) is 9.19. The highest BCUT2D eigenvalue weighted by atomic mass is 32.2. The van der Waals surface area contributed by atoms with E-state index in [1.165, 1.54) is 17.3 Å². The third-order valence-corrected chi connectivity index (χ3v) is 10.6. The summed E-state index contributed by atoms with van der Waals surface area (Å²) in [7, 11) is 0. The first-order valence-corrected chi connectivity index (χ1v) is 12.2. The molecule has 29 heavy (non-hydrogen) atoms. The molecule has 0 aromatic rings. The first kappa shape index (κ1) is 19.8. The third kappa shape index (κ3) is 2.68. The molecule has 6 unspecified atom stereocenters. The molecule has 3 saturated carbocycles. The van der Waals surface area contributed by atoms with Crippen molar-refractivity contribution in [1.82, 2.24) is 0 Å². The first-order valence-electron chi connectivity index (χ1n) is 11.3. The van der Waals surface area contributed by atoms with E-state index in [2.05, 4.69) is 19.9 Å². The summed E-state index contributed by atoms with van der Waals surface area (Å²) in [5.41, 5.74) is 1.08. The van der Waals surface area contributed by atoms with E-state index < -0.39 is 0 Å². The second-order valence-corrected chi connectivity index (χ2v) is 12.0. The summed E-state index contributed by atoms with van der Waals surface area (Å²) in [6.45, 7) is 6.40. The van der Waals surface area contributed by atoms with Gasteiger partial charge < -0.3 is 4.74 Å². The number of thioether (sulfide) groups is 1. The van der Waals surface area contributed by atoms with Crippen LogP contribution in [0.3, 0.4) is 0 Å². The SMILES string of the molecule is CC(=O)SC1C=C2CC(=O)CCC2(C)C2CCC3(C)C(CC[C@@]34CCC(=O)O4)C12. The Morgan fingerprint density at radius 1 is 1.07 bits per heavy atom. The average Bonchev–Trinajstić information content (AvgIpc) is 3.17. The minimum Gasteiger partial charge on any atom is -0.458 e. The highest BCUT2D eigenvalue weighted by Crippen LogP contribution is 2.70. The zero-order chi connectivity index (χ0) is 20.6. The number of allylic oxidation sites excluding steroid dienone is 1. The van der Waals surface area contributed by atoms with Gasteiger partial charge in [-0.25, -0.2) is 0 Å². The maximum atomic E-state index is 12.2. The number of ketones is 1. The number of fused-ring (bicyclic) bond motifs is 6. The average molecular weight is 417 g/mol. The molecule has 5 aliphatic rings. The van der Waals surface area contributed by atoms with E-state index in [9.17, 15) is 14.4 Å². The van der Waals surface area contributed by atoms with Crippen molar-refractivity contribution in [2.24, 2.45) is 28.6 Å². The van der Waals surface area contributed by atoms with Gasteiger partial charge in [0.1, 0.15) is 11.4 Å². The van der Waals surface area contributed by atoms with E-state index in [1.54, 1.807) is 6.92 Å². The number of Topliss-reactive ketones (excluding diaryl/α,β-unsaturated/α-hetero) is 1. The Kier molecular flexibility index (Phi) is 4.41. The predicted octanol–water partition coefficient (Wildman–Crippen LogP) is 4.85. The maximum absolute atomic E-state index is 12.2. The van der Waals surface area contributed by atoms with Gasteiger partial charge in [-0.2, -0.15) is 0 Å². The van der Waals surface area contributed by atoms with Crippen molar-refractivity contribution < 1.29 is 19.1 Å². The summed E-state index contributed by atoms with van der Waals surface area (Å²) < 4.78 is 6.05. The molecule has 0 aromatic heterocycles. The summed E-state index contributed by atoms with van der Waals surface area (Å²) in [6, 6.07) is 0. The molecule has 1 aliphatic heterocycles. The minimum atomic E-state index is -0.293. The van der Waals surface area contributed by atoms with Crippen LogP contribution in [0.4, 0.5) is 0 Å². The van der Waals surface area contributed by atoms with E-state index in [0.717, 1.165) is 38.5 Å². The van der Waals surface area contributed by atoms with Crippen molar-refractivity contribution in [2.45, 2.75) is 89.4 Å². The molecule has 0 aromatic carbocycles. The fourth-order valence-electron chi connectivity index (χ4n) is 8.04. The number of hydrogen-bond acceptors (Lipinski definition) is 5. The molecule has 0 bridgehead atoms. The first-order chi connectivity index (χ1) is 13.7. The Morgan fingerprint density at radius 3 is 2.52 bits per heavy atom. The molecule has 5 rings (SSSR count). The molecule has 7 atom stereocenters. The van der Waals surface area contributed by atoms with Gasteiger partial charge in [-0.1, -0.05) is 37.3 Å². The second-order valence-electron chi connectivity index (χ2n) is 10.7. The molecule has 4 fully saturated rings. The van der Waals surface area contributed by atoms with Gasteiger partial charge in [0.15, 0.2) is 5.12 Å². The molecule has 4 aliphatic carbocycles. The van der Waals surface area contributed by atoms with Crippen molar-refractivity contribution in [1.29, 1.82) is 0 Å². The molecule has 1 heterocycles. The number of rotatable bonds is 1. The molecule has 5 heteroatoms. The van der Waals surface area contributed by atoms with Crippen molar-refractivity contribution in [3.63, 3.8) is 0 Å². The van der Waals surface area contributed by atoms with Gasteiger partial charge in [-0.15, -0.1) is 0 Å². The van der Waals surface area contributed by atoms with E-state index >= 15 is 0 Å². The van der Waals surface area contributed by atoms with Gasteiger partial charge in [0.2, 0.25) is 0 Å². The monoisotopic (exact) mass is 416 g/mol. The van der Waals surface area contributed by atoms with E-state index in [-0.39, 0.29) is 32.8 Å². The number of carbonyl (C=O) groups is 3. The third-order valence-electron chi connectivity index (χ3n) is 9.57. The predicted molar refractivity (Wildman–Crippen MR) is 112 cm³/mol. The van der Waals surface area contributed by atoms with Crippen LogP contribution in [0.15, 0.2) is 11.6 Å². The summed E-state index contributed by atoms with van der Waals surface area (Å²) in [5.74, 6) is 1.71. The Balaban J connectivity index is 1.57. The summed E-state index contributed by atoms with van der Waals surface area (Å²) in [4.78, 5) is 36.4. The Morgan fingerprint density at radius 2 is 1.83 bits per heavy atom. The second kappa shape index (κ2) is 6.45. The van der Waals surface area contributed by atoms with Crippen molar-refractivity contribution >= 4 is 28.6 Å². The van der Waals surface area contributed by atoms with E-state index in [4.69, 9.17) is 4.74 Å². The minimum absolute atomic E-state index is 0.00210. The molecular formula is C24H32O4S. The van der Waals surface area contributed by atoms with Crippen LogP contribution in [0.2, 0.25) is 0 Å². The van der Waals surface area contributed by atoms with Gasteiger partial charge in [0, 0.05) is 36.9 Å². The molecule has 0 radical (unpaired) electrons. The van der Waals surface area contributed by atoms with E-state index in [1.807, 2.05) is 0 Å². The summed E-state index contributed by atoms with van der Waals surface area (Å²) >= 11 is 1.46. The highest BCUT2D eigenvalue weighted by Gasteiger charge is 2.68. The lowest BCUT2D eigenvalue weighted by molar-refractivity contribution is -0.166. The Hall–Kier alpha value is -1.10. The molecule has 0 N–H and O–H groups in total. The quantitative estimate of drug-likeness (QED) is 0.452. The molecule has 1 spiro atoms. The van der Waals surface area contributed by atoms with Crippen LogP contribution in [0, 0.1) is 28.6 Å². The summed E-state index contributed by atoms with van der Waals surface area (Å²) in [5, 5.41) is 0.298. The van der Waals surface area contributed by atoms with Crippen molar-refractivity contribution in [3.8, 4) is 0 Å². The number of carbonyl (C=O) groups excluding carboxylic acids is 3. The van der Waals surface area contributed by atoms with Crippen LogP contribution in [-0.4, -0.2) is 27.7 Å². The zero-order valence-electron chi connectivity index (χ0n) is 17.8. The van der Waals surface area contributed by atoms with Gasteiger partial charge in [-0.3, -0.25) is 14.4 Å². The largest absolute Gasteiger partial charge is 0.458 e. The maximum Gasteiger partial charge on any atom is 0.306 e. The van der Waals surface area contributed by atoms with Gasteiger partial charge >= 0.3 is 5.97 Å². The van der Waals surface area contributed by atoms with Gasteiger partial charge in [0.05, 0.1) is 0 Å². The van der Waals surface area contributed by atoms with Crippen LogP contribution in [0.1, 0.15) is 78.6 Å². The topological polar surface area (TPSA) is 60.4 Å². The van der Waals surface area contributed by atoms with Crippen LogP contribution >= 0.6 is 11.8 Å². The van der Waals surface area contributed by atoms with Crippen LogP contribution in [0.25, 0.3) is 0 Å². The van der Waals surface area contributed by atoms with E-state index in [0.29, 0.717) is 42.8 Å². The lowest BCUT2D eigenvalue weighted by atomic mass is 9.46. The highest BCUT2D eigenvalue weighted by molar-refractivity contribution is 8.14. The molecule has 1 saturated heterocycles. The Labute approximate surface area is 177 Å². The Bertz CT molecular complexity index is 818. The number of ether oxygens (including phenoxy) is 1. The smallest absolute Gasteiger partial charge is 0.306 e. The van der Waals surface area contributed by atoms with Gasteiger partial charge in [0.25, 0.3) is 0 Å². The summed E-state index contributed by atoms with van der Waals surface area (Å²) in [6.07, 6.45) is 10.1. The molecular weight excluding hydrogens is 384 g/mol. The number of esters is 1. The van der Waals surface area contributed by atoms with Crippen molar-refractivity contribution in [2.75, 3.05) is 0 Å². The zero-order valence-corrected chi connectivity index (χ0v) is 18.6. The normalized spacial score (nSPS) is 48.6. The van der Waals surface area contributed by atoms with Crippen LogP contribution in [-0.2, 0) is 19.1 Å². The van der Waals surface area contributed by atoms with Gasteiger partial charge in [-0.05, 0) is 61.7 Å². The molecule has 0 amide bonds.